The maximum atomic E-state index is 6.35. The summed E-state index contributed by atoms with van der Waals surface area (Å²) in [5.74, 6) is 0. The van der Waals surface area contributed by atoms with Crippen LogP contribution in [-0.4, -0.2) is 0 Å². The first-order valence-electron chi connectivity index (χ1n) is 9.93. The van der Waals surface area contributed by atoms with E-state index >= 15 is 0 Å². The number of aryl methyl sites for hydroxylation is 1. The van der Waals surface area contributed by atoms with Gasteiger partial charge in [-0.25, -0.2) is 0 Å². The van der Waals surface area contributed by atoms with Gasteiger partial charge < -0.3 is 9.73 Å². The molecule has 2 nitrogen and oxygen atoms in total. The van der Waals surface area contributed by atoms with E-state index in [0.717, 1.165) is 38.6 Å². The molecule has 1 atom stereocenters. The lowest BCUT2D eigenvalue weighted by atomic mass is 9.90. The lowest BCUT2D eigenvalue weighted by Gasteiger charge is -2.23. The molecule has 1 aliphatic heterocycles. The summed E-state index contributed by atoms with van der Waals surface area (Å²) in [5, 5.41) is 5.81. The van der Waals surface area contributed by atoms with Crippen LogP contribution in [0.1, 0.15) is 35.2 Å². The molecule has 0 aliphatic carbocycles. The number of nitrogens with one attached hydrogen (secondary N) is 1. The van der Waals surface area contributed by atoms with Gasteiger partial charge in [0.2, 0.25) is 0 Å². The summed E-state index contributed by atoms with van der Waals surface area (Å²) in [5.41, 5.74) is 8.82. The summed E-state index contributed by atoms with van der Waals surface area (Å²) >= 11 is 0. The fraction of sp³-hybridized carbons (Fsp3) is 0.111. The van der Waals surface area contributed by atoms with Crippen LogP contribution in [0.15, 0.2) is 90.0 Å². The van der Waals surface area contributed by atoms with E-state index in [1.807, 2.05) is 18.3 Å². The zero-order chi connectivity index (χ0) is 20.0. The fourth-order valence-corrected chi connectivity index (χ4v) is 4.12. The van der Waals surface area contributed by atoms with E-state index in [9.17, 15) is 0 Å². The normalized spacial score (nSPS) is 16.1. The highest BCUT2D eigenvalue weighted by atomic mass is 16.3. The van der Waals surface area contributed by atoms with Crippen LogP contribution in [0.5, 0.6) is 0 Å². The lowest BCUT2D eigenvalue weighted by Crippen LogP contribution is -2.18. The zero-order valence-electron chi connectivity index (χ0n) is 16.7. The standard InChI is InChI=1S/C27H23NO/c1-17(2)21-12-13-23-22-6-4-5-7-25(22)29-27(23)26(21)24-16-20(14-15-28-24)19-10-8-18(3)9-11-19/h4-16,24,28H,1H2,2-3H3. The van der Waals surface area contributed by atoms with Crippen LogP contribution in [0, 0.1) is 6.92 Å². The first kappa shape index (κ1) is 17.6. The Morgan fingerprint density at radius 3 is 2.55 bits per heavy atom. The maximum absolute atomic E-state index is 6.35. The first-order chi connectivity index (χ1) is 14.1. The summed E-state index contributed by atoms with van der Waals surface area (Å²) in [6.45, 7) is 8.38. The van der Waals surface area contributed by atoms with Crippen molar-refractivity contribution in [2.45, 2.75) is 19.9 Å². The van der Waals surface area contributed by atoms with Crippen LogP contribution in [0.3, 0.4) is 0 Å². The second-order valence-corrected chi connectivity index (χ2v) is 7.75. The minimum Gasteiger partial charge on any atom is -0.456 e. The summed E-state index contributed by atoms with van der Waals surface area (Å²) < 4.78 is 6.35. The van der Waals surface area contributed by atoms with Crippen molar-refractivity contribution in [3.63, 3.8) is 0 Å². The molecule has 3 aromatic carbocycles. The Hall–Kier alpha value is -3.52. The highest BCUT2D eigenvalue weighted by Gasteiger charge is 2.22. The molecule has 1 unspecified atom stereocenters. The monoisotopic (exact) mass is 377 g/mol. The molecule has 0 bridgehead atoms. The Balaban J connectivity index is 1.72. The maximum Gasteiger partial charge on any atom is 0.141 e. The average Bonchev–Trinajstić information content (AvgIpc) is 3.12. The molecule has 0 spiro atoms. The highest BCUT2D eigenvalue weighted by Crippen LogP contribution is 2.39. The summed E-state index contributed by atoms with van der Waals surface area (Å²) in [7, 11) is 0. The summed E-state index contributed by atoms with van der Waals surface area (Å²) in [4.78, 5) is 0. The SMILES string of the molecule is C=C(C)c1ccc2c(oc3ccccc32)c1C1C=C(c2ccc(C)cc2)C=CN1. The van der Waals surface area contributed by atoms with Crippen LogP contribution in [-0.2, 0) is 0 Å². The van der Waals surface area contributed by atoms with Crippen molar-refractivity contribution < 1.29 is 4.42 Å². The molecule has 4 aromatic rings. The molecule has 0 amide bonds. The molecule has 29 heavy (non-hydrogen) atoms. The van der Waals surface area contributed by atoms with Crippen molar-refractivity contribution in [1.29, 1.82) is 0 Å². The van der Waals surface area contributed by atoms with Crippen LogP contribution >= 0.6 is 0 Å². The molecule has 1 aliphatic rings. The van der Waals surface area contributed by atoms with Crippen molar-refractivity contribution >= 4 is 33.1 Å². The third kappa shape index (κ3) is 2.98. The van der Waals surface area contributed by atoms with Gasteiger partial charge in [-0.1, -0.05) is 66.2 Å². The molecule has 0 radical (unpaired) electrons. The lowest BCUT2D eigenvalue weighted by molar-refractivity contribution is 0.648. The van der Waals surface area contributed by atoms with Crippen LogP contribution < -0.4 is 5.32 Å². The van der Waals surface area contributed by atoms with E-state index in [-0.39, 0.29) is 6.04 Å². The van der Waals surface area contributed by atoms with Crippen LogP contribution in [0.4, 0.5) is 0 Å². The molecule has 0 saturated carbocycles. The van der Waals surface area contributed by atoms with Gasteiger partial charge in [0.1, 0.15) is 11.2 Å². The van der Waals surface area contributed by atoms with Gasteiger partial charge in [0, 0.05) is 16.3 Å². The van der Waals surface area contributed by atoms with Crippen molar-refractivity contribution in [1.82, 2.24) is 5.32 Å². The highest BCUT2D eigenvalue weighted by molar-refractivity contribution is 6.07. The summed E-state index contributed by atoms with van der Waals surface area (Å²) in [6, 6.07) is 21.2. The number of rotatable bonds is 3. The Labute approximate surface area is 170 Å². The molecule has 0 saturated heterocycles. The third-order valence-corrected chi connectivity index (χ3v) is 5.63. The number of furan rings is 1. The van der Waals surface area contributed by atoms with Crippen molar-refractivity contribution in [3.8, 4) is 0 Å². The topological polar surface area (TPSA) is 25.2 Å². The number of dihydropyridines is 1. The Morgan fingerprint density at radius 1 is 0.966 bits per heavy atom. The Morgan fingerprint density at radius 2 is 1.76 bits per heavy atom. The Kier molecular flexibility index (Phi) is 4.13. The van der Waals surface area contributed by atoms with E-state index in [1.54, 1.807) is 0 Å². The largest absolute Gasteiger partial charge is 0.456 e. The smallest absolute Gasteiger partial charge is 0.141 e. The minimum absolute atomic E-state index is 0.00673. The van der Waals surface area contributed by atoms with Gasteiger partial charge in [-0.3, -0.25) is 0 Å². The van der Waals surface area contributed by atoms with E-state index in [4.69, 9.17) is 4.42 Å². The average molecular weight is 377 g/mol. The van der Waals surface area contributed by atoms with Crippen molar-refractivity contribution in [3.05, 3.63) is 108 Å². The molecule has 5 rings (SSSR count). The first-order valence-corrected chi connectivity index (χ1v) is 9.93. The van der Waals surface area contributed by atoms with Gasteiger partial charge in [-0.05, 0) is 61.0 Å². The molecule has 2 heterocycles. The minimum atomic E-state index is 0.00673. The predicted octanol–water partition coefficient (Wildman–Crippen LogP) is 7.17. The molecule has 2 heteroatoms. The number of hydrogen-bond donors (Lipinski definition) is 1. The van der Waals surface area contributed by atoms with Gasteiger partial charge in [-0.15, -0.1) is 0 Å². The molecular weight excluding hydrogens is 354 g/mol. The molecule has 142 valence electrons. The molecule has 1 aromatic heterocycles. The number of para-hydroxylation sites is 1. The third-order valence-electron chi connectivity index (χ3n) is 5.63. The van der Waals surface area contributed by atoms with Gasteiger partial charge >= 0.3 is 0 Å². The number of benzene rings is 3. The quantitative estimate of drug-likeness (QED) is 0.409. The van der Waals surface area contributed by atoms with E-state index in [2.05, 4.69) is 86.4 Å². The molecule has 0 fully saturated rings. The fourth-order valence-electron chi connectivity index (χ4n) is 4.12. The van der Waals surface area contributed by atoms with Gasteiger partial charge in [0.25, 0.3) is 0 Å². The second-order valence-electron chi connectivity index (χ2n) is 7.75. The van der Waals surface area contributed by atoms with Crippen LogP contribution in [0.25, 0.3) is 33.1 Å². The predicted molar refractivity (Wildman–Crippen MR) is 123 cm³/mol. The van der Waals surface area contributed by atoms with Gasteiger partial charge in [0.15, 0.2) is 0 Å². The number of hydrogen-bond acceptors (Lipinski definition) is 2. The van der Waals surface area contributed by atoms with Gasteiger partial charge in [0.05, 0.1) is 6.04 Å². The van der Waals surface area contributed by atoms with Crippen molar-refractivity contribution in [2.24, 2.45) is 0 Å². The second kappa shape index (κ2) is 6.82. The zero-order valence-corrected chi connectivity index (χ0v) is 16.7. The van der Waals surface area contributed by atoms with Crippen LogP contribution in [0.2, 0.25) is 0 Å². The van der Waals surface area contributed by atoms with E-state index in [0.29, 0.717) is 0 Å². The summed E-state index contributed by atoms with van der Waals surface area (Å²) in [6.07, 6.45) is 6.43. The molecular formula is C27H23NO. The Bertz CT molecular complexity index is 1300. The van der Waals surface area contributed by atoms with E-state index < -0.39 is 0 Å². The number of fused-ring (bicyclic) bond motifs is 3. The van der Waals surface area contributed by atoms with Gasteiger partial charge in [-0.2, -0.15) is 0 Å². The molecule has 1 N–H and O–H groups in total. The van der Waals surface area contributed by atoms with Crippen molar-refractivity contribution in [2.75, 3.05) is 0 Å². The van der Waals surface area contributed by atoms with E-state index in [1.165, 1.54) is 16.7 Å². The number of allylic oxidation sites excluding steroid dienone is 3.